The van der Waals surface area contributed by atoms with Gasteiger partial charge in [0.2, 0.25) is 0 Å². The van der Waals surface area contributed by atoms with E-state index in [0.29, 0.717) is 22.3 Å². The number of halogens is 1. The summed E-state index contributed by atoms with van der Waals surface area (Å²) in [6.45, 7) is 1.41. The predicted octanol–water partition coefficient (Wildman–Crippen LogP) is 3.91. The van der Waals surface area contributed by atoms with Gasteiger partial charge in [0.15, 0.2) is 12.4 Å². The van der Waals surface area contributed by atoms with Gasteiger partial charge in [0.1, 0.15) is 11.5 Å². The highest BCUT2D eigenvalue weighted by Crippen LogP contribution is 2.24. The summed E-state index contributed by atoms with van der Waals surface area (Å²) in [6.07, 6.45) is 0. The third kappa shape index (κ3) is 5.08. The monoisotopic (exact) mass is 385 g/mol. The van der Waals surface area contributed by atoms with Crippen molar-refractivity contribution < 1.29 is 18.8 Å². The van der Waals surface area contributed by atoms with Crippen LogP contribution in [-0.2, 0) is 4.79 Å². The number of carbonyl (C=O) groups excluding carboxylic acids is 2. The topological polar surface area (TPSA) is 93.5 Å². The number of hydrogen-bond acceptors (Lipinski definition) is 5. The van der Waals surface area contributed by atoms with Crippen LogP contribution in [-0.4, -0.2) is 23.6 Å². The van der Waals surface area contributed by atoms with E-state index in [1.807, 2.05) is 6.07 Å². The average molecular weight is 386 g/mol. The molecule has 0 saturated carbocycles. The third-order valence-corrected chi connectivity index (χ3v) is 3.71. The average Bonchev–Trinajstić information content (AvgIpc) is 3.06. The normalized spacial score (nSPS) is 10.3. The van der Waals surface area contributed by atoms with Crippen molar-refractivity contribution in [1.82, 2.24) is 5.16 Å². The quantitative estimate of drug-likeness (QED) is 0.671. The van der Waals surface area contributed by atoms with E-state index in [1.54, 1.807) is 43.3 Å². The molecule has 0 saturated heterocycles. The van der Waals surface area contributed by atoms with Gasteiger partial charge in [-0.15, -0.1) is 0 Å². The summed E-state index contributed by atoms with van der Waals surface area (Å²) in [5.41, 5.74) is 0.851. The number of ether oxygens (including phenoxy) is 1. The molecule has 0 fully saturated rings. The van der Waals surface area contributed by atoms with Gasteiger partial charge in [0, 0.05) is 16.8 Å². The first-order valence-electron chi connectivity index (χ1n) is 8.03. The fourth-order valence-corrected chi connectivity index (χ4v) is 2.45. The Labute approximate surface area is 160 Å². The van der Waals surface area contributed by atoms with Crippen LogP contribution in [0.4, 0.5) is 11.5 Å². The molecule has 138 valence electrons. The Balaban J connectivity index is 1.68. The number of carbonyl (C=O) groups is 2. The molecule has 2 N–H and O–H groups in total. The smallest absolute Gasteiger partial charge is 0.263 e. The van der Waals surface area contributed by atoms with E-state index in [4.69, 9.17) is 20.9 Å². The largest absolute Gasteiger partial charge is 0.483 e. The first-order chi connectivity index (χ1) is 13.0. The summed E-state index contributed by atoms with van der Waals surface area (Å²) < 4.78 is 10.4. The van der Waals surface area contributed by atoms with E-state index in [0.717, 1.165) is 0 Å². The highest BCUT2D eigenvalue weighted by molar-refractivity contribution is 6.31. The number of aromatic nitrogens is 1. The lowest BCUT2D eigenvalue weighted by Gasteiger charge is -2.12. The van der Waals surface area contributed by atoms with Gasteiger partial charge in [0.05, 0.1) is 5.56 Å². The molecule has 0 aliphatic heterocycles. The number of anilines is 2. The Bertz CT molecular complexity index is 957. The lowest BCUT2D eigenvalue weighted by Crippen LogP contribution is -2.21. The number of nitrogens with one attached hydrogen (secondary N) is 2. The molecule has 2 amide bonds. The van der Waals surface area contributed by atoms with E-state index >= 15 is 0 Å². The summed E-state index contributed by atoms with van der Waals surface area (Å²) >= 11 is 6.00. The fourth-order valence-electron chi connectivity index (χ4n) is 2.27. The molecule has 7 nitrogen and oxygen atoms in total. The number of amides is 2. The molecule has 8 heteroatoms. The second-order valence-corrected chi connectivity index (χ2v) is 6.06. The molecular weight excluding hydrogens is 370 g/mol. The molecule has 0 spiro atoms. The molecular formula is C19H16ClN3O4. The van der Waals surface area contributed by atoms with Crippen LogP contribution >= 0.6 is 11.6 Å². The number of rotatable bonds is 6. The van der Waals surface area contributed by atoms with Crippen molar-refractivity contribution in [3.05, 3.63) is 70.9 Å². The van der Waals surface area contributed by atoms with E-state index in [2.05, 4.69) is 15.8 Å². The van der Waals surface area contributed by atoms with Crippen LogP contribution in [0.15, 0.2) is 59.1 Å². The molecule has 2 aromatic carbocycles. The maximum atomic E-state index is 12.6. The Hall–Kier alpha value is -3.32. The van der Waals surface area contributed by atoms with Gasteiger partial charge >= 0.3 is 0 Å². The summed E-state index contributed by atoms with van der Waals surface area (Å²) in [6, 6.07) is 15.2. The summed E-state index contributed by atoms with van der Waals surface area (Å²) in [5.74, 6) is 0.265. The Kier molecular flexibility index (Phi) is 5.73. The van der Waals surface area contributed by atoms with Crippen molar-refractivity contribution in [2.45, 2.75) is 6.92 Å². The van der Waals surface area contributed by atoms with Gasteiger partial charge in [0.25, 0.3) is 11.8 Å². The maximum Gasteiger partial charge on any atom is 0.263 e. The molecule has 27 heavy (non-hydrogen) atoms. The molecule has 0 bridgehead atoms. The lowest BCUT2D eigenvalue weighted by molar-refractivity contribution is -0.118. The van der Waals surface area contributed by atoms with Gasteiger partial charge < -0.3 is 19.9 Å². The van der Waals surface area contributed by atoms with Crippen molar-refractivity contribution in [2.24, 2.45) is 0 Å². The Morgan fingerprint density at radius 3 is 2.59 bits per heavy atom. The van der Waals surface area contributed by atoms with Crippen molar-refractivity contribution in [2.75, 3.05) is 17.2 Å². The van der Waals surface area contributed by atoms with Gasteiger partial charge in [-0.2, -0.15) is 0 Å². The summed E-state index contributed by atoms with van der Waals surface area (Å²) in [4.78, 5) is 24.5. The van der Waals surface area contributed by atoms with E-state index in [-0.39, 0.29) is 17.9 Å². The van der Waals surface area contributed by atoms with Crippen molar-refractivity contribution in [3.63, 3.8) is 0 Å². The Morgan fingerprint density at radius 1 is 1.11 bits per heavy atom. The zero-order valence-corrected chi connectivity index (χ0v) is 15.1. The highest BCUT2D eigenvalue weighted by Gasteiger charge is 2.15. The van der Waals surface area contributed by atoms with Crippen molar-refractivity contribution in [1.29, 1.82) is 0 Å². The minimum Gasteiger partial charge on any atom is -0.483 e. The minimum atomic E-state index is -0.437. The third-order valence-electron chi connectivity index (χ3n) is 3.47. The van der Waals surface area contributed by atoms with Crippen molar-refractivity contribution >= 4 is 34.9 Å². The second kappa shape index (κ2) is 8.37. The van der Waals surface area contributed by atoms with Crippen LogP contribution in [0, 0.1) is 6.92 Å². The molecule has 0 unspecified atom stereocenters. The molecule has 3 aromatic rings. The molecule has 0 radical (unpaired) electrons. The van der Waals surface area contributed by atoms with Crippen LogP contribution in [0.2, 0.25) is 5.02 Å². The highest BCUT2D eigenvalue weighted by atomic mass is 35.5. The number of para-hydroxylation sites is 1. The summed E-state index contributed by atoms with van der Waals surface area (Å²) in [5, 5.41) is 9.34. The number of nitrogens with zero attached hydrogens (tertiary/aromatic N) is 1. The van der Waals surface area contributed by atoms with Gasteiger partial charge in [-0.25, -0.2) is 0 Å². The minimum absolute atomic E-state index is 0.219. The SMILES string of the molecule is Cc1cc(NC(=O)COc2ccc(Cl)cc2C(=O)Nc2ccccc2)no1. The van der Waals surface area contributed by atoms with E-state index in [1.165, 1.54) is 12.1 Å². The fraction of sp³-hybridized carbons (Fsp3) is 0.105. The van der Waals surface area contributed by atoms with Crippen LogP contribution in [0.5, 0.6) is 5.75 Å². The molecule has 0 atom stereocenters. The zero-order valence-electron chi connectivity index (χ0n) is 14.4. The molecule has 0 aliphatic rings. The maximum absolute atomic E-state index is 12.6. The van der Waals surface area contributed by atoms with Crippen LogP contribution in [0.3, 0.4) is 0 Å². The van der Waals surface area contributed by atoms with Gasteiger partial charge in [-0.1, -0.05) is 35.0 Å². The van der Waals surface area contributed by atoms with Crippen LogP contribution in [0.1, 0.15) is 16.1 Å². The first-order valence-corrected chi connectivity index (χ1v) is 8.41. The lowest BCUT2D eigenvalue weighted by atomic mass is 10.2. The van der Waals surface area contributed by atoms with Crippen molar-refractivity contribution in [3.8, 4) is 5.75 Å². The second-order valence-electron chi connectivity index (χ2n) is 5.62. The van der Waals surface area contributed by atoms with E-state index < -0.39 is 11.8 Å². The number of benzene rings is 2. The van der Waals surface area contributed by atoms with Gasteiger partial charge in [-0.05, 0) is 37.3 Å². The Morgan fingerprint density at radius 2 is 1.89 bits per heavy atom. The predicted molar refractivity (Wildman–Crippen MR) is 101 cm³/mol. The molecule has 1 aromatic heterocycles. The zero-order chi connectivity index (χ0) is 19.2. The van der Waals surface area contributed by atoms with Crippen LogP contribution < -0.4 is 15.4 Å². The molecule has 0 aliphatic carbocycles. The standard InChI is InChI=1S/C19H16ClN3O4/c1-12-9-17(23-27-12)22-18(24)11-26-16-8-7-13(20)10-15(16)19(25)21-14-5-3-2-4-6-14/h2-10H,11H2,1H3,(H,21,25)(H,22,23,24). The van der Waals surface area contributed by atoms with Crippen LogP contribution in [0.25, 0.3) is 0 Å². The number of hydrogen-bond donors (Lipinski definition) is 2. The number of aryl methyl sites for hydroxylation is 1. The summed E-state index contributed by atoms with van der Waals surface area (Å²) in [7, 11) is 0. The first kappa shape index (κ1) is 18.5. The van der Waals surface area contributed by atoms with E-state index in [9.17, 15) is 9.59 Å². The molecule has 3 rings (SSSR count). The van der Waals surface area contributed by atoms with Gasteiger partial charge in [-0.3, -0.25) is 9.59 Å². The molecule has 1 heterocycles.